The molecule has 1 aromatic rings. The molecule has 1 heterocycles. The van der Waals surface area contributed by atoms with E-state index in [0.717, 1.165) is 11.8 Å². The van der Waals surface area contributed by atoms with E-state index in [0.29, 0.717) is 4.88 Å². The molecule has 7 heteroatoms. The first-order valence-corrected chi connectivity index (χ1v) is 6.48. The fraction of sp³-hybridized carbons (Fsp3) is 0.300. The number of carboxylic acids is 1. The van der Waals surface area contributed by atoms with Crippen molar-refractivity contribution in [1.29, 1.82) is 0 Å². The monoisotopic (exact) mass is 272 g/mol. The van der Waals surface area contributed by atoms with Gasteiger partial charge in [-0.3, -0.25) is 9.59 Å². The molecule has 0 saturated heterocycles. The molecule has 1 N–H and O–H groups in total. The Morgan fingerprint density at radius 2 is 2.24 bits per heavy atom. The van der Waals surface area contributed by atoms with Crippen molar-refractivity contribution >= 4 is 40.1 Å². The lowest BCUT2D eigenvalue weighted by Crippen LogP contribution is -2.40. The molecule has 0 saturated carbocycles. The molecule has 1 amide bonds. The maximum atomic E-state index is 11.6. The summed E-state index contributed by atoms with van der Waals surface area (Å²) in [5.41, 5.74) is 0. The number of carboxylic acid groups (broad SMARTS) is 1. The number of amides is 1. The second-order valence-corrected chi connectivity index (χ2v) is 5.38. The van der Waals surface area contributed by atoms with Gasteiger partial charge in [-0.15, -0.1) is 11.3 Å². The molecule has 1 aromatic heterocycles. The van der Waals surface area contributed by atoms with Crippen molar-refractivity contribution in [1.82, 2.24) is 5.32 Å². The van der Waals surface area contributed by atoms with Crippen LogP contribution in [0.4, 0.5) is 0 Å². The number of carbonyl (C=O) groups is 3. The molecule has 1 rings (SSSR count). The minimum atomic E-state index is -1.36. The minimum absolute atomic E-state index is 0.198. The second kappa shape index (κ2) is 6.41. The Labute approximate surface area is 106 Å². The zero-order chi connectivity index (χ0) is 12.8. The lowest BCUT2D eigenvalue weighted by molar-refractivity contribution is -0.304. The fourth-order valence-corrected chi connectivity index (χ4v) is 2.51. The highest BCUT2D eigenvalue weighted by atomic mass is 32.2. The van der Waals surface area contributed by atoms with E-state index in [-0.39, 0.29) is 5.12 Å². The Morgan fingerprint density at radius 1 is 1.53 bits per heavy atom. The SMILES string of the molecule is C[C@H](SC(=O)c1cccs1)C(=O)NCC(=O)[O-]. The van der Waals surface area contributed by atoms with E-state index in [4.69, 9.17) is 0 Å². The van der Waals surface area contributed by atoms with Gasteiger partial charge in [0.25, 0.3) is 0 Å². The zero-order valence-electron chi connectivity index (χ0n) is 8.97. The summed E-state index contributed by atoms with van der Waals surface area (Å²) in [5, 5.41) is 13.2. The van der Waals surface area contributed by atoms with Crippen molar-refractivity contribution in [3.8, 4) is 0 Å². The fourth-order valence-electron chi connectivity index (χ4n) is 0.970. The largest absolute Gasteiger partial charge is 0.548 e. The van der Waals surface area contributed by atoms with Crippen molar-refractivity contribution in [2.45, 2.75) is 12.2 Å². The maximum absolute atomic E-state index is 11.6. The summed E-state index contributed by atoms with van der Waals surface area (Å²) in [7, 11) is 0. The Balaban J connectivity index is 2.43. The summed E-state index contributed by atoms with van der Waals surface area (Å²) in [6.07, 6.45) is 0. The van der Waals surface area contributed by atoms with Gasteiger partial charge < -0.3 is 15.2 Å². The smallest absolute Gasteiger partial charge is 0.233 e. The van der Waals surface area contributed by atoms with Crippen molar-refractivity contribution in [2.24, 2.45) is 0 Å². The molecule has 0 unspecified atom stereocenters. The van der Waals surface area contributed by atoms with Crippen LogP contribution in [0.1, 0.15) is 16.6 Å². The number of aliphatic carboxylic acids is 1. The van der Waals surface area contributed by atoms with E-state index in [1.54, 1.807) is 24.4 Å². The number of thioether (sulfide) groups is 1. The molecule has 17 heavy (non-hydrogen) atoms. The van der Waals surface area contributed by atoms with Gasteiger partial charge in [-0.25, -0.2) is 0 Å². The predicted octanol–water partition coefficient (Wildman–Crippen LogP) is -0.124. The van der Waals surface area contributed by atoms with Crippen molar-refractivity contribution in [3.05, 3.63) is 22.4 Å². The third kappa shape index (κ3) is 4.58. The van der Waals surface area contributed by atoms with Crippen LogP contribution < -0.4 is 10.4 Å². The van der Waals surface area contributed by atoms with Crippen LogP contribution in [0.25, 0.3) is 0 Å². The van der Waals surface area contributed by atoms with Crippen LogP contribution in [0.3, 0.4) is 0 Å². The van der Waals surface area contributed by atoms with Crippen molar-refractivity contribution in [2.75, 3.05) is 6.54 Å². The highest BCUT2D eigenvalue weighted by Gasteiger charge is 2.18. The van der Waals surface area contributed by atoms with Gasteiger partial charge >= 0.3 is 0 Å². The zero-order valence-corrected chi connectivity index (χ0v) is 10.6. The van der Waals surface area contributed by atoms with E-state index in [9.17, 15) is 19.5 Å². The molecule has 0 radical (unpaired) electrons. The molecule has 5 nitrogen and oxygen atoms in total. The van der Waals surface area contributed by atoms with Crippen LogP contribution >= 0.6 is 23.1 Å². The Kier molecular flexibility index (Phi) is 5.17. The molecule has 0 aliphatic rings. The van der Waals surface area contributed by atoms with E-state index in [1.165, 1.54) is 11.3 Å². The summed E-state index contributed by atoms with van der Waals surface area (Å²) in [5.74, 6) is -1.86. The van der Waals surface area contributed by atoms with E-state index in [1.807, 2.05) is 0 Å². The molecule has 92 valence electrons. The number of rotatable bonds is 5. The summed E-state index contributed by atoms with van der Waals surface area (Å²) in [6, 6.07) is 3.42. The van der Waals surface area contributed by atoms with Gasteiger partial charge in [-0.05, 0) is 18.4 Å². The van der Waals surface area contributed by atoms with Crippen LogP contribution in [-0.4, -0.2) is 28.8 Å². The van der Waals surface area contributed by atoms with Crippen molar-refractivity contribution < 1.29 is 19.5 Å². The highest BCUT2D eigenvalue weighted by Crippen LogP contribution is 2.21. The molecular weight excluding hydrogens is 262 g/mol. The first-order valence-electron chi connectivity index (χ1n) is 4.72. The predicted molar refractivity (Wildman–Crippen MR) is 63.7 cm³/mol. The number of carbonyl (C=O) groups excluding carboxylic acids is 3. The first-order chi connectivity index (χ1) is 8.00. The van der Waals surface area contributed by atoms with Gasteiger partial charge in [0, 0.05) is 0 Å². The number of hydrogen-bond donors (Lipinski definition) is 1. The molecule has 1 atom stereocenters. The van der Waals surface area contributed by atoms with Gasteiger partial charge in [0.1, 0.15) is 0 Å². The molecule has 0 aromatic carbocycles. The van der Waals surface area contributed by atoms with Gasteiger partial charge in [-0.2, -0.15) is 0 Å². The van der Waals surface area contributed by atoms with Gasteiger partial charge in [0.05, 0.1) is 22.6 Å². The van der Waals surface area contributed by atoms with Crippen LogP contribution in [-0.2, 0) is 9.59 Å². The van der Waals surface area contributed by atoms with Gasteiger partial charge in [0.2, 0.25) is 11.0 Å². The van der Waals surface area contributed by atoms with E-state index < -0.39 is 23.7 Å². The third-order valence-electron chi connectivity index (χ3n) is 1.78. The summed E-state index contributed by atoms with van der Waals surface area (Å²) < 4.78 is 0. The minimum Gasteiger partial charge on any atom is -0.548 e. The van der Waals surface area contributed by atoms with Gasteiger partial charge in [-0.1, -0.05) is 17.8 Å². The number of nitrogens with one attached hydrogen (secondary N) is 1. The van der Waals surface area contributed by atoms with Crippen LogP contribution in [0.15, 0.2) is 17.5 Å². The van der Waals surface area contributed by atoms with Gasteiger partial charge in [0.15, 0.2) is 0 Å². The highest BCUT2D eigenvalue weighted by molar-refractivity contribution is 8.15. The van der Waals surface area contributed by atoms with Crippen LogP contribution in [0.5, 0.6) is 0 Å². The summed E-state index contributed by atoms with van der Waals surface area (Å²) in [6.45, 7) is 0.998. The molecule has 0 fully saturated rings. The third-order valence-corrected chi connectivity index (χ3v) is 3.78. The van der Waals surface area contributed by atoms with E-state index in [2.05, 4.69) is 5.32 Å². The first kappa shape index (κ1) is 13.7. The second-order valence-electron chi connectivity index (χ2n) is 3.11. The molecule has 0 aliphatic heterocycles. The normalized spacial score (nSPS) is 11.8. The van der Waals surface area contributed by atoms with E-state index >= 15 is 0 Å². The maximum Gasteiger partial charge on any atom is 0.233 e. The van der Waals surface area contributed by atoms with Crippen LogP contribution in [0, 0.1) is 0 Å². The quantitative estimate of drug-likeness (QED) is 0.807. The topological polar surface area (TPSA) is 86.3 Å². The van der Waals surface area contributed by atoms with Crippen LogP contribution in [0.2, 0.25) is 0 Å². The molecular formula is C10H10NO4S2-. The lowest BCUT2D eigenvalue weighted by atomic mass is 10.4. The lowest BCUT2D eigenvalue weighted by Gasteiger charge is -2.10. The van der Waals surface area contributed by atoms with Crippen molar-refractivity contribution in [3.63, 3.8) is 0 Å². The average molecular weight is 272 g/mol. The number of thiophene rings is 1. The standard InChI is InChI=1S/C10H11NO4S2/c1-6(9(14)11-5-8(12)13)17-10(15)7-3-2-4-16-7/h2-4,6H,5H2,1H3,(H,11,14)(H,12,13)/p-1/t6-/m0/s1. The number of hydrogen-bond acceptors (Lipinski definition) is 6. The Bertz CT molecular complexity index is 416. The molecule has 0 aliphatic carbocycles. The average Bonchev–Trinajstić information content (AvgIpc) is 2.78. The molecule has 0 bridgehead atoms. The summed E-state index contributed by atoms with van der Waals surface area (Å²) >= 11 is 2.16. The Morgan fingerprint density at radius 3 is 2.76 bits per heavy atom. The Hall–Kier alpha value is -1.34. The molecule has 0 spiro atoms. The summed E-state index contributed by atoms with van der Waals surface area (Å²) in [4.78, 5) is 33.7.